The second-order valence-electron chi connectivity index (χ2n) is 7.10. The van der Waals surface area contributed by atoms with Crippen LogP contribution in [-0.4, -0.2) is 40.5 Å². The molecule has 2 aromatic carbocycles. The Kier molecular flexibility index (Phi) is 5.27. The second-order valence-corrected chi connectivity index (χ2v) is 9.12. The molecular formula is C22H25NO3S. The summed E-state index contributed by atoms with van der Waals surface area (Å²) in [7, 11) is 0.828. The van der Waals surface area contributed by atoms with Crippen LogP contribution >= 0.6 is 0 Å². The summed E-state index contributed by atoms with van der Waals surface area (Å²) in [6.45, 7) is 2.19. The molecule has 0 fully saturated rings. The van der Waals surface area contributed by atoms with Crippen molar-refractivity contribution in [2.24, 2.45) is 0 Å². The molecule has 0 heterocycles. The van der Waals surface area contributed by atoms with Crippen LogP contribution < -0.4 is 4.90 Å². The van der Waals surface area contributed by atoms with Gasteiger partial charge in [0, 0.05) is 32.6 Å². The highest BCUT2D eigenvalue weighted by atomic mass is 32.2. The molecule has 3 rings (SSSR count). The average Bonchev–Trinajstić information content (AvgIpc) is 2.87. The van der Waals surface area contributed by atoms with E-state index in [9.17, 15) is 13.5 Å². The molecule has 0 atom stereocenters. The summed E-state index contributed by atoms with van der Waals surface area (Å²) in [6.07, 6.45) is 3.91. The smallest absolute Gasteiger partial charge is 0.175 e. The fraction of sp³-hybridized carbons (Fsp3) is 0.273. The summed E-state index contributed by atoms with van der Waals surface area (Å²) in [6, 6.07) is 13.3. The predicted molar refractivity (Wildman–Crippen MR) is 112 cm³/mol. The molecule has 0 amide bonds. The van der Waals surface area contributed by atoms with Gasteiger partial charge in [-0.05, 0) is 77.1 Å². The van der Waals surface area contributed by atoms with Crippen molar-refractivity contribution in [3.05, 3.63) is 64.7 Å². The summed E-state index contributed by atoms with van der Waals surface area (Å²) in [5.41, 5.74) is 7.81. The monoisotopic (exact) mass is 383 g/mol. The minimum atomic E-state index is -3.20. The van der Waals surface area contributed by atoms with Crippen LogP contribution in [0.5, 0.6) is 0 Å². The fourth-order valence-corrected chi connectivity index (χ4v) is 4.09. The van der Waals surface area contributed by atoms with E-state index in [2.05, 4.69) is 36.1 Å². The van der Waals surface area contributed by atoms with Crippen molar-refractivity contribution in [3.8, 4) is 0 Å². The molecule has 0 spiro atoms. The Morgan fingerprint density at radius 3 is 2.26 bits per heavy atom. The number of rotatable bonds is 5. The topological polar surface area (TPSA) is 57.6 Å². The van der Waals surface area contributed by atoms with E-state index in [1.54, 1.807) is 12.1 Å². The van der Waals surface area contributed by atoms with Gasteiger partial charge in [-0.2, -0.15) is 0 Å². The standard InChI is InChI=1S/C22H25NO3S/c1-15-19(11-12-24)22-14-17(23(2)3)7-10-20(22)21(15)13-16-5-8-18(9-6-16)27(4,25)26/h5-10,13-14,24H,11-12H2,1-4H3. The zero-order chi connectivity index (χ0) is 19.8. The summed E-state index contributed by atoms with van der Waals surface area (Å²) >= 11 is 0. The molecule has 4 nitrogen and oxygen atoms in total. The zero-order valence-electron chi connectivity index (χ0n) is 16.2. The maximum atomic E-state index is 11.7. The highest BCUT2D eigenvalue weighted by Gasteiger charge is 2.23. The Morgan fingerprint density at radius 2 is 1.70 bits per heavy atom. The number of hydrogen-bond donors (Lipinski definition) is 1. The summed E-state index contributed by atoms with van der Waals surface area (Å²) < 4.78 is 23.3. The lowest BCUT2D eigenvalue weighted by atomic mass is 10.00. The first-order chi connectivity index (χ1) is 12.7. The van der Waals surface area contributed by atoms with Crippen LogP contribution in [0.15, 0.2) is 52.9 Å². The number of allylic oxidation sites excluding steroid dienone is 2. The second kappa shape index (κ2) is 7.33. The van der Waals surface area contributed by atoms with Crippen LogP contribution in [0.25, 0.3) is 17.2 Å². The number of aliphatic hydroxyl groups excluding tert-OH is 1. The number of benzene rings is 2. The predicted octanol–water partition coefficient (Wildman–Crippen LogP) is 3.87. The van der Waals surface area contributed by atoms with E-state index in [0.29, 0.717) is 11.3 Å². The maximum Gasteiger partial charge on any atom is 0.175 e. The molecule has 1 aliphatic carbocycles. The summed E-state index contributed by atoms with van der Waals surface area (Å²) in [5.74, 6) is 0. The van der Waals surface area contributed by atoms with Gasteiger partial charge in [0.05, 0.1) is 4.90 Å². The van der Waals surface area contributed by atoms with Gasteiger partial charge in [0.15, 0.2) is 9.84 Å². The van der Waals surface area contributed by atoms with Crippen molar-refractivity contribution in [1.29, 1.82) is 0 Å². The minimum absolute atomic E-state index is 0.106. The lowest BCUT2D eigenvalue weighted by molar-refractivity contribution is 0.305. The van der Waals surface area contributed by atoms with Gasteiger partial charge >= 0.3 is 0 Å². The van der Waals surface area contributed by atoms with Gasteiger partial charge in [0.25, 0.3) is 0 Å². The number of nitrogens with zero attached hydrogens (tertiary/aromatic N) is 1. The average molecular weight is 384 g/mol. The largest absolute Gasteiger partial charge is 0.396 e. The number of fused-ring (bicyclic) bond motifs is 1. The van der Waals surface area contributed by atoms with E-state index >= 15 is 0 Å². The van der Waals surface area contributed by atoms with Crippen LogP contribution in [0, 0.1) is 0 Å². The molecule has 1 aliphatic rings. The van der Waals surface area contributed by atoms with Crippen molar-refractivity contribution in [3.63, 3.8) is 0 Å². The molecule has 2 aromatic rings. The van der Waals surface area contributed by atoms with Crippen molar-refractivity contribution >= 4 is 32.7 Å². The molecule has 0 aliphatic heterocycles. The van der Waals surface area contributed by atoms with Crippen LogP contribution in [-0.2, 0) is 9.84 Å². The Hall–Kier alpha value is -2.37. The van der Waals surface area contributed by atoms with Crippen molar-refractivity contribution in [2.45, 2.75) is 18.2 Å². The molecule has 27 heavy (non-hydrogen) atoms. The normalized spacial score (nSPS) is 15.4. The molecule has 0 radical (unpaired) electrons. The van der Waals surface area contributed by atoms with E-state index in [1.165, 1.54) is 6.26 Å². The molecule has 0 bridgehead atoms. The quantitative estimate of drug-likeness (QED) is 0.852. The van der Waals surface area contributed by atoms with Crippen molar-refractivity contribution < 1.29 is 13.5 Å². The van der Waals surface area contributed by atoms with Gasteiger partial charge in [-0.3, -0.25) is 0 Å². The van der Waals surface area contributed by atoms with Crippen LogP contribution in [0.3, 0.4) is 0 Å². The highest BCUT2D eigenvalue weighted by molar-refractivity contribution is 7.90. The van der Waals surface area contributed by atoms with Gasteiger partial charge < -0.3 is 10.0 Å². The van der Waals surface area contributed by atoms with E-state index in [0.717, 1.165) is 39.1 Å². The van der Waals surface area contributed by atoms with Crippen molar-refractivity contribution in [2.75, 3.05) is 31.9 Å². The Bertz CT molecular complexity index is 1030. The summed E-state index contributed by atoms with van der Waals surface area (Å²) in [4.78, 5) is 2.39. The minimum Gasteiger partial charge on any atom is -0.396 e. The molecule has 0 saturated heterocycles. The Labute approximate surface area is 161 Å². The lowest BCUT2D eigenvalue weighted by Gasteiger charge is -2.15. The number of hydrogen-bond acceptors (Lipinski definition) is 4. The van der Waals surface area contributed by atoms with Gasteiger partial charge in [-0.25, -0.2) is 8.42 Å². The lowest BCUT2D eigenvalue weighted by Crippen LogP contribution is -2.08. The van der Waals surface area contributed by atoms with E-state index < -0.39 is 9.84 Å². The van der Waals surface area contributed by atoms with Gasteiger partial charge in [-0.15, -0.1) is 0 Å². The number of aliphatic hydroxyl groups is 1. The molecule has 1 N–H and O–H groups in total. The first-order valence-electron chi connectivity index (χ1n) is 8.87. The van der Waals surface area contributed by atoms with E-state index in [4.69, 9.17) is 0 Å². The van der Waals surface area contributed by atoms with Gasteiger partial charge in [0.2, 0.25) is 0 Å². The SMILES string of the molecule is CC1=C(CCO)c2cc(N(C)C)ccc2C1=Cc1ccc(S(C)(=O)=O)cc1. The fourth-order valence-electron chi connectivity index (χ4n) is 3.46. The highest BCUT2D eigenvalue weighted by Crippen LogP contribution is 2.44. The molecule has 142 valence electrons. The third-order valence-corrected chi connectivity index (χ3v) is 6.10. The number of anilines is 1. The third kappa shape index (κ3) is 3.84. The molecule has 0 aromatic heterocycles. The first kappa shape index (κ1) is 19.4. The zero-order valence-corrected chi connectivity index (χ0v) is 17.0. The summed E-state index contributed by atoms with van der Waals surface area (Å²) in [5, 5.41) is 9.51. The molecule has 0 unspecified atom stereocenters. The van der Waals surface area contributed by atoms with Crippen LogP contribution in [0.2, 0.25) is 0 Å². The van der Waals surface area contributed by atoms with Crippen molar-refractivity contribution in [1.82, 2.24) is 0 Å². The van der Waals surface area contributed by atoms with Gasteiger partial charge in [0.1, 0.15) is 0 Å². The third-order valence-electron chi connectivity index (χ3n) is 4.97. The van der Waals surface area contributed by atoms with E-state index in [1.807, 2.05) is 26.2 Å². The maximum absolute atomic E-state index is 11.7. The Balaban J connectivity index is 2.09. The number of sulfone groups is 1. The Morgan fingerprint density at radius 1 is 1.04 bits per heavy atom. The molecular weight excluding hydrogens is 358 g/mol. The molecule has 5 heteroatoms. The van der Waals surface area contributed by atoms with E-state index in [-0.39, 0.29) is 6.61 Å². The first-order valence-corrected chi connectivity index (χ1v) is 10.8. The van der Waals surface area contributed by atoms with Crippen LogP contribution in [0.4, 0.5) is 5.69 Å². The van der Waals surface area contributed by atoms with Crippen LogP contribution in [0.1, 0.15) is 30.0 Å². The molecule has 0 saturated carbocycles. The van der Waals surface area contributed by atoms with Gasteiger partial charge in [-0.1, -0.05) is 18.2 Å².